The molecule has 0 N–H and O–H groups in total. The first-order chi connectivity index (χ1) is 18.0. The first-order valence-corrected chi connectivity index (χ1v) is 13.3. The van der Waals surface area contributed by atoms with E-state index in [0.717, 1.165) is 49.2 Å². The van der Waals surface area contributed by atoms with Gasteiger partial charge < -0.3 is 18.8 Å². The third-order valence-electron chi connectivity index (χ3n) is 6.76. The number of nitrogens with zero attached hydrogens (tertiary/aromatic N) is 1. The maximum Gasteiger partial charge on any atom is 0.197 e. The Balaban J connectivity index is 1.60. The van der Waals surface area contributed by atoms with E-state index >= 15 is 0 Å². The van der Waals surface area contributed by atoms with Crippen molar-refractivity contribution in [3.63, 3.8) is 0 Å². The topological polar surface area (TPSA) is 51.9 Å². The molecule has 5 nitrogen and oxygen atoms in total. The summed E-state index contributed by atoms with van der Waals surface area (Å²) in [5, 5.41) is 0.789. The van der Waals surface area contributed by atoms with Gasteiger partial charge in [0, 0.05) is 17.5 Å². The van der Waals surface area contributed by atoms with Crippen LogP contribution in [-0.2, 0) is 0 Å². The fourth-order valence-corrected chi connectivity index (χ4v) is 4.38. The van der Waals surface area contributed by atoms with Crippen molar-refractivity contribution in [1.29, 1.82) is 0 Å². The number of benzene rings is 3. The van der Waals surface area contributed by atoms with Crippen molar-refractivity contribution in [2.45, 2.75) is 46.6 Å². The molecule has 1 atom stereocenters. The first-order valence-electron chi connectivity index (χ1n) is 13.3. The summed E-state index contributed by atoms with van der Waals surface area (Å²) in [7, 11) is 0. The highest BCUT2D eigenvalue weighted by atomic mass is 16.5. The maximum absolute atomic E-state index is 13.9. The van der Waals surface area contributed by atoms with Crippen LogP contribution >= 0.6 is 0 Å². The van der Waals surface area contributed by atoms with Gasteiger partial charge in [-0.1, -0.05) is 51.1 Å². The molecule has 0 fully saturated rings. The molecule has 37 heavy (non-hydrogen) atoms. The van der Waals surface area contributed by atoms with Crippen LogP contribution in [0.2, 0.25) is 0 Å². The number of ketones is 1. The second-order valence-corrected chi connectivity index (χ2v) is 9.22. The van der Waals surface area contributed by atoms with E-state index in [1.807, 2.05) is 79.7 Å². The molecule has 0 aliphatic rings. The number of furan rings is 1. The van der Waals surface area contributed by atoms with Crippen molar-refractivity contribution < 1.29 is 18.7 Å². The molecular formula is C32H37NO4. The van der Waals surface area contributed by atoms with Crippen molar-refractivity contribution >= 4 is 16.8 Å². The third kappa shape index (κ3) is 6.23. The number of rotatable bonds is 13. The van der Waals surface area contributed by atoms with Crippen LogP contribution in [0.25, 0.3) is 22.3 Å². The van der Waals surface area contributed by atoms with Crippen LogP contribution in [0.1, 0.15) is 56.5 Å². The largest absolute Gasteiger partial charge is 0.494 e. The van der Waals surface area contributed by atoms with Crippen molar-refractivity contribution in [2.24, 2.45) is 0 Å². The molecule has 0 bridgehead atoms. The lowest BCUT2D eigenvalue weighted by atomic mass is 9.97. The van der Waals surface area contributed by atoms with E-state index in [1.54, 1.807) is 0 Å². The van der Waals surface area contributed by atoms with E-state index in [0.29, 0.717) is 34.8 Å². The predicted octanol–water partition coefficient (Wildman–Crippen LogP) is 7.62. The van der Waals surface area contributed by atoms with Gasteiger partial charge in [-0.05, 0) is 75.3 Å². The summed E-state index contributed by atoms with van der Waals surface area (Å²) in [4.78, 5) is 16.2. The second kappa shape index (κ2) is 12.6. The quantitative estimate of drug-likeness (QED) is 0.140. The summed E-state index contributed by atoms with van der Waals surface area (Å²) in [6.45, 7) is 12.2. The number of ether oxygens (including phenoxy) is 2. The van der Waals surface area contributed by atoms with Gasteiger partial charge in [-0.3, -0.25) is 4.79 Å². The number of hydrogen-bond donors (Lipinski definition) is 0. The number of fused-ring (bicyclic) bond motifs is 1. The lowest BCUT2D eigenvalue weighted by Gasteiger charge is -2.17. The molecule has 0 radical (unpaired) electrons. The van der Waals surface area contributed by atoms with Crippen LogP contribution in [0.3, 0.4) is 0 Å². The zero-order valence-corrected chi connectivity index (χ0v) is 22.3. The zero-order chi connectivity index (χ0) is 26.2. The summed E-state index contributed by atoms with van der Waals surface area (Å²) >= 11 is 0. The zero-order valence-electron chi connectivity index (χ0n) is 22.3. The Morgan fingerprint density at radius 1 is 0.919 bits per heavy atom. The minimum absolute atomic E-state index is 0.0456. The second-order valence-electron chi connectivity index (χ2n) is 9.22. The number of carbonyl (C=O) groups is 1. The normalized spacial score (nSPS) is 12.1. The average molecular weight is 500 g/mol. The van der Waals surface area contributed by atoms with Gasteiger partial charge >= 0.3 is 0 Å². The van der Waals surface area contributed by atoms with Crippen LogP contribution in [-0.4, -0.2) is 43.0 Å². The Kier molecular flexibility index (Phi) is 9.02. The Hall–Kier alpha value is -3.57. The predicted molar refractivity (Wildman–Crippen MR) is 150 cm³/mol. The molecule has 0 aliphatic heterocycles. The molecule has 3 aromatic carbocycles. The molecule has 1 aromatic heterocycles. The molecule has 0 aliphatic carbocycles. The molecule has 5 heteroatoms. The van der Waals surface area contributed by atoms with Gasteiger partial charge in [0.05, 0.1) is 23.8 Å². The monoisotopic (exact) mass is 499 g/mol. The van der Waals surface area contributed by atoms with E-state index in [2.05, 4.69) is 25.7 Å². The molecule has 0 saturated carbocycles. The summed E-state index contributed by atoms with van der Waals surface area (Å²) in [5.41, 5.74) is 2.58. The number of hydrogen-bond acceptors (Lipinski definition) is 5. The summed E-state index contributed by atoms with van der Waals surface area (Å²) in [6, 6.07) is 22.8. The molecule has 0 spiro atoms. The van der Waals surface area contributed by atoms with Gasteiger partial charge in [0.2, 0.25) is 0 Å². The minimum atomic E-state index is -0.0913. The summed E-state index contributed by atoms with van der Waals surface area (Å²) < 4.78 is 18.4. The standard InChI is InChI=1S/C32H37NO4/c1-5-23(4)36-29-16-11-9-14-27(29)32-30(26-13-8-10-15-28(26)37-32)31(34)24-17-19-25(20-18-24)35-22-12-21-33(6-2)7-3/h8-11,13-20,23H,5-7,12,21-22H2,1-4H3. The molecule has 4 aromatic rings. The molecule has 0 saturated heterocycles. The molecule has 4 rings (SSSR count). The fourth-order valence-electron chi connectivity index (χ4n) is 4.38. The Bertz CT molecular complexity index is 1300. The Morgan fingerprint density at radius 3 is 2.35 bits per heavy atom. The smallest absolute Gasteiger partial charge is 0.197 e. The Labute approximate surface area is 220 Å². The van der Waals surface area contributed by atoms with Gasteiger partial charge in [-0.25, -0.2) is 0 Å². The first kappa shape index (κ1) is 26.5. The summed E-state index contributed by atoms with van der Waals surface area (Å²) in [6.07, 6.45) is 1.89. The Morgan fingerprint density at radius 2 is 1.62 bits per heavy atom. The van der Waals surface area contributed by atoms with Crippen molar-refractivity contribution in [1.82, 2.24) is 4.90 Å². The van der Waals surface area contributed by atoms with Crippen molar-refractivity contribution in [2.75, 3.05) is 26.2 Å². The van der Waals surface area contributed by atoms with Crippen LogP contribution < -0.4 is 9.47 Å². The summed E-state index contributed by atoms with van der Waals surface area (Å²) in [5.74, 6) is 1.91. The van der Waals surface area contributed by atoms with Gasteiger partial charge in [-0.2, -0.15) is 0 Å². The van der Waals surface area contributed by atoms with Crippen LogP contribution in [0.4, 0.5) is 0 Å². The van der Waals surface area contributed by atoms with Gasteiger partial charge in [0.25, 0.3) is 0 Å². The molecule has 0 amide bonds. The number of carbonyl (C=O) groups excluding carboxylic acids is 1. The SMILES string of the molecule is CCC(C)Oc1ccccc1-c1oc2ccccc2c1C(=O)c1ccc(OCCCN(CC)CC)cc1. The van der Waals surface area contributed by atoms with Crippen LogP contribution in [0.15, 0.2) is 77.2 Å². The van der Waals surface area contributed by atoms with Crippen LogP contribution in [0, 0.1) is 0 Å². The highest BCUT2D eigenvalue weighted by Gasteiger charge is 2.25. The van der Waals surface area contributed by atoms with E-state index in [4.69, 9.17) is 13.9 Å². The van der Waals surface area contributed by atoms with E-state index in [-0.39, 0.29) is 11.9 Å². The molecule has 1 unspecified atom stereocenters. The number of para-hydroxylation sites is 2. The average Bonchev–Trinajstić information content (AvgIpc) is 3.32. The lowest BCUT2D eigenvalue weighted by molar-refractivity contribution is 0.104. The molecule has 1 heterocycles. The van der Waals surface area contributed by atoms with E-state index in [9.17, 15) is 4.79 Å². The lowest BCUT2D eigenvalue weighted by Crippen LogP contribution is -2.25. The third-order valence-corrected chi connectivity index (χ3v) is 6.76. The fraction of sp³-hybridized carbons (Fsp3) is 0.344. The van der Waals surface area contributed by atoms with E-state index in [1.165, 1.54) is 0 Å². The van der Waals surface area contributed by atoms with Gasteiger partial charge in [0.15, 0.2) is 5.78 Å². The van der Waals surface area contributed by atoms with Gasteiger partial charge in [0.1, 0.15) is 22.8 Å². The van der Waals surface area contributed by atoms with Gasteiger partial charge in [-0.15, -0.1) is 0 Å². The van der Waals surface area contributed by atoms with Crippen molar-refractivity contribution in [3.05, 3.63) is 83.9 Å². The van der Waals surface area contributed by atoms with E-state index < -0.39 is 0 Å². The van der Waals surface area contributed by atoms with Crippen molar-refractivity contribution in [3.8, 4) is 22.8 Å². The molecular weight excluding hydrogens is 462 g/mol. The highest BCUT2D eigenvalue weighted by Crippen LogP contribution is 2.39. The molecule has 194 valence electrons. The highest BCUT2D eigenvalue weighted by molar-refractivity contribution is 6.19. The van der Waals surface area contributed by atoms with Crippen LogP contribution in [0.5, 0.6) is 11.5 Å². The maximum atomic E-state index is 13.9. The minimum Gasteiger partial charge on any atom is -0.494 e.